The molecule has 1 heterocycles. The zero-order chi connectivity index (χ0) is 20.8. The van der Waals surface area contributed by atoms with Crippen molar-refractivity contribution in [2.24, 2.45) is 0 Å². The Morgan fingerprint density at radius 1 is 1.03 bits per heavy atom. The van der Waals surface area contributed by atoms with Gasteiger partial charge >= 0.3 is 0 Å². The number of nitrogens with two attached hydrogens (primary N) is 1. The number of anilines is 1. The van der Waals surface area contributed by atoms with Gasteiger partial charge < -0.3 is 25.4 Å². The quantitative estimate of drug-likeness (QED) is 0.426. The summed E-state index contributed by atoms with van der Waals surface area (Å²) in [5.74, 6) is 8.31. The van der Waals surface area contributed by atoms with Crippen LogP contribution in [0.15, 0.2) is 47.6 Å². The molecule has 0 aliphatic carbocycles. The van der Waals surface area contributed by atoms with Gasteiger partial charge in [-0.15, -0.1) is 10.2 Å². The second-order valence-corrected chi connectivity index (χ2v) is 6.79. The molecule has 0 saturated carbocycles. The van der Waals surface area contributed by atoms with E-state index in [0.29, 0.717) is 33.9 Å². The second kappa shape index (κ2) is 9.20. The molecule has 10 heteroatoms. The molecule has 0 spiro atoms. The highest BCUT2D eigenvalue weighted by molar-refractivity contribution is 7.99. The smallest absolute Gasteiger partial charge is 0.234 e. The monoisotopic (exact) mass is 415 g/mol. The van der Waals surface area contributed by atoms with Gasteiger partial charge in [0.1, 0.15) is 17.2 Å². The Morgan fingerprint density at radius 2 is 1.72 bits per heavy atom. The predicted octanol–water partition coefficient (Wildman–Crippen LogP) is 2.42. The van der Waals surface area contributed by atoms with Crippen LogP contribution in [0.1, 0.15) is 0 Å². The molecule has 0 unspecified atom stereocenters. The third-order valence-electron chi connectivity index (χ3n) is 3.96. The van der Waals surface area contributed by atoms with Crippen LogP contribution in [-0.2, 0) is 4.79 Å². The van der Waals surface area contributed by atoms with Crippen molar-refractivity contribution in [1.82, 2.24) is 14.9 Å². The Kier molecular flexibility index (Phi) is 6.45. The number of carbonyl (C=O) groups excluding carboxylic acids is 1. The summed E-state index contributed by atoms with van der Waals surface area (Å²) in [5, 5.41) is 11.4. The number of hydrogen-bond acceptors (Lipinski definition) is 8. The molecule has 0 atom stereocenters. The lowest BCUT2D eigenvalue weighted by molar-refractivity contribution is -0.113. The zero-order valence-electron chi connectivity index (χ0n) is 16.2. The van der Waals surface area contributed by atoms with Crippen molar-refractivity contribution in [2.45, 2.75) is 5.16 Å². The van der Waals surface area contributed by atoms with E-state index in [1.54, 1.807) is 39.5 Å². The number of ether oxygens (including phenoxy) is 3. The van der Waals surface area contributed by atoms with Gasteiger partial charge in [-0.1, -0.05) is 23.9 Å². The topological polar surface area (TPSA) is 114 Å². The normalized spacial score (nSPS) is 10.4. The minimum atomic E-state index is -0.226. The van der Waals surface area contributed by atoms with Crippen LogP contribution >= 0.6 is 11.8 Å². The maximum atomic E-state index is 12.3. The van der Waals surface area contributed by atoms with E-state index in [9.17, 15) is 4.79 Å². The second-order valence-electron chi connectivity index (χ2n) is 5.85. The minimum absolute atomic E-state index is 0.104. The molecule has 3 rings (SSSR count). The summed E-state index contributed by atoms with van der Waals surface area (Å²) >= 11 is 1.18. The van der Waals surface area contributed by atoms with Gasteiger partial charge in [-0.2, -0.15) is 0 Å². The number of nitrogens with zero attached hydrogens (tertiary/aromatic N) is 3. The minimum Gasteiger partial charge on any atom is -0.497 e. The van der Waals surface area contributed by atoms with Crippen LogP contribution in [0.3, 0.4) is 0 Å². The summed E-state index contributed by atoms with van der Waals surface area (Å²) in [5.41, 5.74) is 1.33. The maximum absolute atomic E-state index is 12.3. The number of amides is 1. The van der Waals surface area contributed by atoms with Crippen LogP contribution in [0.25, 0.3) is 11.4 Å². The number of aromatic nitrogens is 3. The van der Waals surface area contributed by atoms with Crippen LogP contribution in [0, 0.1) is 0 Å². The number of nitrogens with one attached hydrogen (secondary N) is 1. The van der Waals surface area contributed by atoms with Gasteiger partial charge in [-0.05, 0) is 12.1 Å². The Hall–Kier alpha value is -3.40. The molecule has 0 bridgehead atoms. The molecule has 0 aliphatic heterocycles. The van der Waals surface area contributed by atoms with Gasteiger partial charge in [0.2, 0.25) is 11.1 Å². The molecule has 2 aromatic carbocycles. The molecule has 9 nitrogen and oxygen atoms in total. The molecule has 3 N–H and O–H groups in total. The van der Waals surface area contributed by atoms with Crippen LogP contribution in [0.2, 0.25) is 0 Å². The first-order chi connectivity index (χ1) is 14.0. The standard InChI is InChI=1S/C19H21N5O4S/c1-26-14-6-4-5-12(7-14)18-22-23-19(24(18)20)29-11-17(25)21-13-8-15(27-2)10-16(9-13)28-3/h4-10H,11,20H2,1-3H3,(H,21,25). The van der Waals surface area contributed by atoms with Gasteiger partial charge in [0.15, 0.2) is 5.82 Å². The number of nitrogen functional groups attached to an aromatic ring is 1. The molecule has 0 saturated heterocycles. The first-order valence-corrected chi connectivity index (χ1v) is 9.53. The summed E-state index contributed by atoms with van der Waals surface area (Å²) in [6.45, 7) is 0. The number of thioether (sulfide) groups is 1. The van der Waals surface area contributed by atoms with E-state index in [0.717, 1.165) is 5.56 Å². The van der Waals surface area contributed by atoms with Crippen LogP contribution < -0.4 is 25.4 Å². The summed E-state index contributed by atoms with van der Waals surface area (Å²) < 4.78 is 17.0. The van der Waals surface area contributed by atoms with Crippen LogP contribution in [0.4, 0.5) is 5.69 Å². The van der Waals surface area contributed by atoms with Crippen molar-refractivity contribution < 1.29 is 19.0 Å². The highest BCUT2D eigenvalue weighted by atomic mass is 32.2. The van der Waals surface area contributed by atoms with Crippen molar-refractivity contribution in [3.8, 4) is 28.6 Å². The third-order valence-corrected chi connectivity index (χ3v) is 4.90. The number of benzene rings is 2. The van der Waals surface area contributed by atoms with Gasteiger partial charge in [0.05, 0.1) is 27.1 Å². The van der Waals surface area contributed by atoms with Crippen molar-refractivity contribution in [3.05, 3.63) is 42.5 Å². The Bertz CT molecular complexity index is 986. The molecule has 1 amide bonds. The number of carbonyl (C=O) groups is 1. The molecule has 3 aromatic rings. The summed E-state index contributed by atoms with van der Waals surface area (Å²) in [4.78, 5) is 12.3. The van der Waals surface area contributed by atoms with Crippen molar-refractivity contribution in [2.75, 3.05) is 38.2 Å². The third kappa shape index (κ3) is 4.91. The lowest BCUT2D eigenvalue weighted by atomic mass is 10.2. The van der Waals surface area contributed by atoms with E-state index < -0.39 is 0 Å². The first-order valence-electron chi connectivity index (χ1n) is 8.54. The Morgan fingerprint density at radius 3 is 2.38 bits per heavy atom. The molecular formula is C19H21N5O4S. The lowest BCUT2D eigenvalue weighted by Gasteiger charge is -2.09. The van der Waals surface area contributed by atoms with E-state index >= 15 is 0 Å². The SMILES string of the molecule is COc1cc(NC(=O)CSc2nnc(-c3cccc(OC)c3)n2N)cc(OC)c1. The van der Waals surface area contributed by atoms with E-state index in [2.05, 4.69) is 15.5 Å². The Labute approximate surface area is 172 Å². The highest BCUT2D eigenvalue weighted by Crippen LogP contribution is 2.27. The molecule has 1 aromatic heterocycles. The average Bonchev–Trinajstić information content (AvgIpc) is 3.12. The fraction of sp³-hybridized carbons (Fsp3) is 0.211. The average molecular weight is 415 g/mol. The predicted molar refractivity (Wildman–Crippen MR) is 111 cm³/mol. The molecule has 0 aliphatic rings. The van der Waals surface area contributed by atoms with E-state index in [-0.39, 0.29) is 11.7 Å². The number of hydrogen-bond donors (Lipinski definition) is 2. The van der Waals surface area contributed by atoms with Gasteiger partial charge in [-0.25, -0.2) is 4.68 Å². The molecule has 0 radical (unpaired) electrons. The number of rotatable bonds is 8. The van der Waals surface area contributed by atoms with Crippen molar-refractivity contribution in [1.29, 1.82) is 0 Å². The summed E-state index contributed by atoms with van der Waals surface area (Å²) in [6, 6.07) is 12.5. The Balaban J connectivity index is 1.66. The first kappa shape index (κ1) is 20.3. The largest absolute Gasteiger partial charge is 0.497 e. The van der Waals surface area contributed by atoms with E-state index in [1.165, 1.54) is 16.4 Å². The zero-order valence-corrected chi connectivity index (χ0v) is 17.0. The molecule has 152 valence electrons. The fourth-order valence-corrected chi connectivity index (χ4v) is 3.20. The lowest BCUT2D eigenvalue weighted by Crippen LogP contribution is -2.16. The van der Waals surface area contributed by atoms with Gasteiger partial charge in [-0.3, -0.25) is 4.79 Å². The summed E-state index contributed by atoms with van der Waals surface area (Å²) in [7, 11) is 4.68. The summed E-state index contributed by atoms with van der Waals surface area (Å²) in [6.07, 6.45) is 0. The maximum Gasteiger partial charge on any atom is 0.234 e. The van der Waals surface area contributed by atoms with Crippen molar-refractivity contribution >= 4 is 23.4 Å². The molecule has 29 heavy (non-hydrogen) atoms. The molecule has 0 fully saturated rings. The van der Waals surface area contributed by atoms with E-state index in [1.807, 2.05) is 24.3 Å². The fourth-order valence-electron chi connectivity index (χ4n) is 2.54. The number of methoxy groups -OCH3 is 3. The van der Waals surface area contributed by atoms with E-state index in [4.69, 9.17) is 20.1 Å². The van der Waals surface area contributed by atoms with Gasteiger partial charge in [0, 0.05) is 29.4 Å². The van der Waals surface area contributed by atoms with Gasteiger partial charge in [0.25, 0.3) is 0 Å². The molecular weight excluding hydrogens is 394 g/mol. The highest BCUT2D eigenvalue weighted by Gasteiger charge is 2.15. The van der Waals surface area contributed by atoms with Crippen LogP contribution in [-0.4, -0.2) is 47.9 Å². The van der Waals surface area contributed by atoms with Crippen molar-refractivity contribution in [3.63, 3.8) is 0 Å². The van der Waals surface area contributed by atoms with Crippen LogP contribution in [0.5, 0.6) is 17.2 Å².